The molecule has 1 unspecified atom stereocenters. The molecule has 0 aliphatic carbocycles. The van der Waals surface area contributed by atoms with Gasteiger partial charge in [0.25, 0.3) is 0 Å². The van der Waals surface area contributed by atoms with Gasteiger partial charge in [0.05, 0.1) is 17.7 Å². The largest absolute Gasteiger partial charge is 0.457 e. The number of ether oxygens (including phenoxy) is 1. The summed E-state index contributed by atoms with van der Waals surface area (Å²) in [6.45, 7) is 1.10. The van der Waals surface area contributed by atoms with Gasteiger partial charge in [0.1, 0.15) is 6.61 Å². The lowest BCUT2D eigenvalue weighted by Crippen LogP contribution is -2.38. The fraction of sp³-hybridized carbons (Fsp3) is 0.214. The second-order valence-corrected chi connectivity index (χ2v) is 8.63. The van der Waals surface area contributed by atoms with E-state index < -0.39 is 47.6 Å². The Kier molecular flexibility index (Phi) is 7.42. The SMILES string of the molecule is CC1=C(C(=O)OCc2ccccc2)C(c2ccccc2C(F)(F)F)CC(=O)N1Cc1ccc(F)c(F)c1. The lowest BCUT2D eigenvalue weighted by molar-refractivity contribution is -0.143. The van der Waals surface area contributed by atoms with Crippen LogP contribution in [-0.2, 0) is 33.7 Å². The zero-order valence-electron chi connectivity index (χ0n) is 19.7. The van der Waals surface area contributed by atoms with Crippen LogP contribution in [0, 0.1) is 11.6 Å². The van der Waals surface area contributed by atoms with Crippen LogP contribution in [0.25, 0.3) is 0 Å². The summed E-state index contributed by atoms with van der Waals surface area (Å²) in [6.07, 6.45) is -5.15. The third-order valence-corrected chi connectivity index (χ3v) is 6.22. The number of carbonyl (C=O) groups is 2. The average molecular weight is 515 g/mol. The first-order valence-electron chi connectivity index (χ1n) is 11.4. The molecular formula is C28H22F5NO3. The van der Waals surface area contributed by atoms with Crippen molar-refractivity contribution in [3.05, 3.63) is 118 Å². The fourth-order valence-electron chi connectivity index (χ4n) is 4.41. The number of benzene rings is 3. The van der Waals surface area contributed by atoms with Crippen molar-refractivity contribution in [2.45, 2.75) is 38.6 Å². The summed E-state index contributed by atoms with van der Waals surface area (Å²) in [5, 5.41) is 0. The Hall–Kier alpha value is -4.01. The number of allylic oxidation sites excluding steroid dienone is 1. The summed E-state index contributed by atoms with van der Waals surface area (Å²) in [5.74, 6) is -4.82. The molecule has 0 spiro atoms. The lowest BCUT2D eigenvalue weighted by atomic mass is 9.81. The normalized spacial score (nSPS) is 16.2. The molecule has 9 heteroatoms. The van der Waals surface area contributed by atoms with Crippen molar-refractivity contribution < 1.29 is 36.3 Å². The molecule has 0 N–H and O–H groups in total. The number of halogens is 5. The van der Waals surface area contributed by atoms with Crippen molar-refractivity contribution in [2.75, 3.05) is 0 Å². The monoisotopic (exact) mass is 515 g/mol. The Morgan fingerprint density at radius 1 is 0.946 bits per heavy atom. The van der Waals surface area contributed by atoms with Crippen molar-refractivity contribution >= 4 is 11.9 Å². The molecule has 0 saturated heterocycles. The Labute approximate surface area is 210 Å². The minimum absolute atomic E-state index is 0.0843. The highest BCUT2D eigenvalue weighted by atomic mass is 19.4. The Balaban J connectivity index is 1.76. The van der Waals surface area contributed by atoms with E-state index in [0.717, 1.165) is 18.2 Å². The Morgan fingerprint density at radius 2 is 1.62 bits per heavy atom. The van der Waals surface area contributed by atoms with Gasteiger partial charge in [0.2, 0.25) is 5.91 Å². The molecule has 1 heterocycles. The molecule has 1 aliphatic rings. The number of hydrogen-bond acceptors (Lipinski definition) is 3. The second kappa shape index (κ2) is 10.5. The van der Waals surface area contributed by atoms with E-state index in [1.54, 1.807) is 30.3 Å². The summed E-state index contributed by atoms with van der Waals surface area (Å²) in [4.78, 5) is 27.6. The van der Waals surface area contributed by atoms with Crippen LogP contribution in [0.15, 0.2) is 84.1 Å². The molecule has 0 bridgehead atoms. The van der Waals surface area contributed by atoms with Gasteiger partial charge >= 0.3 is 12.1 Å². The quantitative estimate of drug-likeness (QED) is 0.278. The molecule has 37 heavy (non-hydrogen) atoms. The summed E-state index contributed by atoms with van der Waals surface area (Å²) in [7, 11) is 0. The van der Waals surface area contributed by atoms with Crippen LogP contribution in [0.2, 0.25) is 0 Å². The van der Waals surface area contributed by atoms with Crippen LogP contribution < -0.4 is 0 Å². The van der Waals surface area contributed by atoms with Gasteiger partial charge in [-0.05, 0) is 41.8 Å². The highest BCUT2D eigenvalue weighted by Crippen LogP contribution is 2.43. The van der Waals surface area contributed by atoms with Gasteiger partial charge in [0.15, 0.2) is 11.6 Å². The van der Waals surface area contributed by atoms with Gasteiger partial charge in [0, 0.05) is 18.0 Å². The van der Waals surface area contributed by atoms with Crippen LogP contribution in [0.1, 0.15) is 41.5 Å². The van der Waals surface area contributed by atoms with Gasteiger partial charge < -0.3 is 9.64 Å². The van der Waals surface area contributed by atoms with Gasteiger partial charge in [-0.2, -0.15) is 13.2 Å². The van der Waals surface area contributed by atoms with E-state index in [9.17, 15) is 31.5 Å². The molecule has 192 valence electrons. The van der Waals surface area contributed by atoms with E-state index in [2.05, 4.69) is 0 Å². The molecule has 1 aliphatic heterocycles. The number of rotatable bonds is 6. The number of carbonyl (C=O) groups excluding carboxylic acids is 2. The molecule has 4 nitrogen and oxygen atoms in total. The predicted octanol–water partition coefficient (Wildman–Crippen LogP) is 6.52. The number of alkyl halides is 3. The number of hydrogen-bond donors (Lipinski definition) is 0. The lowest BCUT2D eigenvalue weighted by Gasteiger charge is -2.35. The molecule has 0 aromatic heterocycles. The first-order valence-corrected chi connectivity index (χ1v) is 11.4. The first-order chi connectivity index (χ1) is 17.6. The Bertz CT molecular complexity index is 1350. The minimum atomic E-state index is -4.71. The summed E-state index contributed by atoms with van der Waals surface area (Å²) in [6, 6.07) is 16.6. The van der Waals surface area contributed by atoms with Crippen molar-refractivity contribution in [1.82, 2.24) is 4.90 Å². The van der Waals surface area contributed by atoms with Gasteiger partial charge in [-0.1, -0.05) is 54.6 Å². The van der Waals surface area contributed by atoms with E-state index in [0.29, 0.717) is 5.56 Å². The molecule has 4 rings (SSSR count). The molecule has 0 saturated carbocycles. The third-order valence-electron chi connectivity index (χ3n) is 6.22. The number of esters is 1. The van der Waals surface area contributed by atoms with Gasteiger partial charge in [-0.3, -0.25) is 4.79 Å². The summed E-state index contributed by atoms with van der Waals surface area (Å²) < 4.78 is 74.1. The second-order valence-electron chi connectivity index (χ2n) is 8.63. The zero-order valence-corrected chi connectivity index (χ0v) is 19.7. The van der Waals surface area contributed by atoms with Gasteiger partial charge in [-0.15, -0.1) is 0 Å². The van der Waals surface area contributed by atoms with E-state index in [1.165, 1.54) is 36.1 Å². The zero-order chi connectivity index (χ0) is 26.7. The van der Waals surface area contributed by atoms with Crippen molar-refractivity contribution in [1.29, 1.82) is 0 Å². The van der Waals surface area contributed by atoms with E-state index in [1.807, 2.05) is 0 Å². The molecule has 0 fully saturated rings. The maximum Gasteiger partial charge on any atom is 0.416 e. The molecule has 1 amide bonds. The summed E-state index contributed by atoms with van der Waals surface area (Å²) in [5.41, 5.74) is -0.273. The number of nitrogens with zero attached hydrogens (tertiary/aromatic N) is 1. The van der Waals surface area contributed by atoms with Crippen LogP contribution in [-0.4, -0.2) is 16.8 Å². The van der Waals surface area contributed by atoms with E-state index >= 15 is 0 Å². The average Bonchev–Trinajstić information content (AvgIpc) is 2.87. The van der Waals surface area contributed by atoms with E-state index in [-0.39, 0.29) is 35.5 Å². The maximum absolute atomic E-state index is 13.8. The van der Waals surface area contributed by atoms with Crippen LogP contribution >= 0.6 is 0 Å². The van der Waals surface area contributed by atoms with Crippen molar-refractivity contribution in [2.24, 2.45) is 0 Å². The molecule has 3 aromatic carbocycles. The first kappa shape index (κ1) is 26.1. The third kappa shape index (κ3) is 5.71. The molecule has 3 aromatic rings. The smallest absolute Gasteiger partial charge is 0.416 e. The standard InChI is InChI=1S/C28H22F5NO3/c1-17-26(27(36)37-16-18-7-3-2-4-8-18)21(20-9-5-6-10-22(20)28(31,32)33)14-25(35)34(17)15-19-11-12-23(29)24(30)13-19/h2-13,21H,14-16H2,1H3. The number of amides is 1. The van der Waals surface area contributed by atoms with Crippen molar-refractivity contribution in [3.63, 3.8) is 0 Å². The molecular weight excluding hydrogens is 493 g/mol. The Morgan fingerprint density at radius 3 is 2.30 bits per heavy atom. The topological polar surface area (TPSA) is 46.6 Å². The van der Waals surface area contributed by atoms with Crippen LogP contribution in [0.5, 0.6) is 0 Å². The highest BCUT2D eigenvalue weighted by Gasteiger charge is 2.42. The van der Waals surface area contributed by atoms with Gasteiger partial charge in [-0.25, -0.2) is 13.6 Å². The van der Waals surface area contributed by atoms with Crippen LogP contribution in [0.3, 0.4) is 0 Å². The maximum atomic E-state index is 13.8. The van der Waals surface area contributed by atoms with Crippen LogP contribution in [0.4, 0.5) is 22.0 Å². The highest BCUT2D eigenvalue weighted by molar-refractivity contribution is 5.96. The minimum Gasteiger partial charge on any atom is -0.457 e. The van der Waals surface area contributed by atoms with E-state index in [4.69, 9.17) is 4.74 Å². The fourth-order valence-corrected chi connectivity index (χ4v) is 4.41. The summed E-state index contributed by atoms with van der Waals surface area (Å²) >= 11 is 0. The molecule has 0 radical (unpaired) electrons. The molecule has 1 atom stereocenters. The van der Waals surface area contributed by atoms with Crippen molar-refractivity contribution in [3.8, 4) is 0 Å². The predicted molar refractivity (Wildman–Crippen MR) is 125 cm³/mol.